The molecule has 0 amide bonds. The number of hydrogen-bond acceptors (Lipinski definition) is 2. The molecule has 2 heterocycles. The zero-order valence-corrected chi connectivity index (χ0v) is 14.1. The highest BCUT2D eigenvalue weighted by Crippen LogP contribution is 2.38. The summed E-state index contributed by atoms with van der Waals surface area (Å²) in [4.78, 5) is 2.76. The molecule has 0 fully saturated rings. The first kappa shape index (κ1) is 12.6. The minimum absolute atomic E-state index is 1.35. The van der Waals surface area contributed by atoms with Gasteiger partial charge in [0.1, 0.15) is 0 Å². The average molecular weight is 318 g/mol. The van der Waals surface area contributed by atoms with Crippen LogP contribution in [0.4, 0.5) is 0 Å². The second kappa shape index (κ2) is 4.31. The molecule has 0 aliphatic rings. The summed E-state index contributed by atoms with van der Waals surface area (Å²) in [5, 5.41) is 8.19. The number of fused-ring (bicyclic) bond motifs is 6. The zero-order chi connectivity index (χ0) is 14.8. The summed E-state index contributed by atoms with van der Waals surface area (Å²) >= 11 is 3.80. The van der Waals surface area contributed by atoms with Gasteiger partial charge in [-0.2, -0.15) is 0 Å². The van der Waals surface area contributed by atoms with Crippen molar-refractivity contribution < 1.29 is 0 Å². The summed E-state index contributed by atoms with van der Waals surface area (Å²) in [6.45, 7) is 4.38. The highest BCUT2D eigenvalue weighted by atomic mass is 32.1. The van der Waals surface area contributed by atoms with Crippen LogP contribution in [-0.4, -0.2) is 0 Å². The third-order valence-corrected chi connectivity index (χ3v) is 6.56. The van der Waals surface area contributed by atoms with Crippen molar-refractivity contribution in [1.82, 2.24) is 0 Å². The summed E-state index contributed by atoms with van der Waals surface area (Å²) in [5.74, 6) is 0. The van der Waals surface area contributed by atoms with Crippen LogP contribution in [0.1, 0.15) is 9.75 Å². The Hall–Kier alpha value is -1.90. The van der Waals surface area contributed by atoms with E-state index in [1.807, 2.05) is 22.7 Å². The zero-order valence-electron chi connectivity index (χ0n) is 12.4. The van der Waals surface area contributed by atoms with E-state index in [1.165, 1.54) is 51.5 Å². The molecule has 0 unspecified atom stereocenters. The van der Waals surface area contributed by atoms with Crippen LogP contribution in [-0.2, 0) is 0 Å². The first-order valence-corrected chi connectivity index (χ1v) is 9.08. The molecule has 5 rings (SSSR count). The second-order valence-electron chi connectivity index (χ2n) is 5.98. The second-order valence-corrected chi connectivity index (χ2v) is 8.49. The van der Waals surface area contributed by atoms with E-state index < -0.39 is 0 Å². The Labute approximate surface area is 136 Å². The highest BCUT2D eigenvalue weighted by Gasteiger charge is 2.09. The van der Waals surface area contributed by atoms with E-state index in [0.717, 1.165) is 0 Å². The van der Waals surface area contributed by atoms with E-state index in [-0.39, 0.29) is 0 Å². The third kappa shape index (κ3) is 1.68. The standard InChI is InChI=1S/C20H14S2/c1-11-7-15-5-3-13-10-18-14(9-17(13)19(15)21-11)4-6-16-8-12(2)22-20(16)18/h3-10H,1-2H3. The SMILES string of the molecule is Cc1cc2ccc3cc4c(ccc5cc(C)sc54)cc3c2s1. The fourth-order valence-electron chi connectivity index (χ4n) is 3.40. The first-order chi connectivity index (χ1) is 10.7. The largest absolute Gasteiger partial charge is 0.140 e. The van der Waals surface area contributed by atoms with Gasteiger partial charge in [-0.1, -0.05) is 24.3 Å². The molecule has 2 aromatic heterocycles. The molecule has 0 saturated carbocycles. The predicted octanol–water partition coefficient (Wildman–Crippen LogP) is 7.04. The van der Waals surface area contributed by atoms with Crippen LogP contribution in [0.3, 0.4) is 0 Å². The van der Waals surface area contributed by atoms with Crippen LogP contribution in [0, 0.1) is 13.8 Å². The van der Waals surface area contributed by atoms with Crippen molar-refractivity contribution in [3.63, 3.8) is 0 Å². The van der Waals surface area contributed by atoms with Crippen molar-refractivity contribution in [2.45, 2.75) is 13.8 Å². The van der Waals surface area contributed by atoms with Crippen LogP contribution < -0.4 is 0 Å². The van der Waals surface area contributed by atoms with Crippen LogP contribution in [0.15, 0.2) is 48.5 Å². The molecule has 106 valence electrons. The lowest BCUT2D eigenvalue weighted by Gasteiger charge is -2.05. The van der Waals surface area contributed by atoms with E-state index in [0.29, 0.717) is 0 Å². The Bertz CT molecular complexity index is 1090. The van der Waals surface area contributed by atoms with Crippen LogP contribution >= 0.6 is 22.7 Å². The molecule has 0 atom stereocenters. The van der Waals surface area contributed by atoms with Crippen LogP contribution in [0.2, 0.25) is 0 Å². The van der Waals surface area contributed by atoms with Gasteiger partial charge in [-0.3, -0.25) is 0 Å². The lowest BCUT2D eigenvalue weighted by atomic mass is 10.0. The molecule has 0 nitrogen and oxygen atoms in total. The number of rotatable bonds is 0. The smallest absolute Gasteiger partial charge is 0.0424 e. The van der Waals surface area contributed by atoms with Crippen molar-refractivity contribution >= 4 is 64.4 Å². The maximum atomic E-state index is 2.37. The van der Waals surface area contributed by atoms with Gasteiger partial charge in [0.2, 0.25) is 0 Å². The van der Waals surface area contributed by atoms with Gasteiger partial charge in [-0.15, -0.1) is 22.7 Å². The van der Waals surface area contributed by atoms with E-state index in [2.05, 4.69) is 62.4 Å². The van der Waals surface area contributed by atoms with Gasteiger partial charge >= 0.3 is 0 Å². The summed E-state index contributed by atoms with van der Waals surface area (Å²) in [6.07, 6.45) is 0. The van der Waals surface area contributed by atoms with Gasteiger partial charge in [0.15, 0.2) is 0 Å². The van der Waals surface area contributed by atoms with Gasteiger partial charge in [0.25, 0.3) is 0 Å². The van der Waals surface area contributed by atoms with Gasteiger partial charge in [-0.25, -0.2) is 0 Å². The molecule has 0 bridgehead atoms. The molecule has 3 aromatic carbocycles. The number of hydrogen-bond donors (Lipinski definition) is 0. The molecule has 5 aromatic rings. The fourth-order valence-corrected chi connectivity index (χ4v) is 5.48. The van der Waals surface area contributed by atoms with Gasteiger partial charge in [-0.05, 0) is 59.7 Å². The Morgan fingerprint density at radius 1 is 0.545 bits per heavy atom. The Morgan fingerprint density at radius 3 is 1.41 bits per heavy atom. The van der Waals surface area contributed by atoms with Crippen LogP contribution in [0.25, 0.3) is 41.7 Å². The van der Waals surface area contributed by atoms with Crippen LogP contribution in [0.5, 0.6) is 0 Å². The Kier molecular flexibility index (Phi) is 2.47. The maximum Gasteiger partial charge on any atom is 0.0424 e. The summed E-state index contributed by atoms with van der Waals surface area (Å²) in [7, 11) is 0. The highest BCUT2D eigenvalue weighted by molar-refractivity contribution is 7.20. The first-order valence-electron chi connectivity index (χ1n) is 7.45. The molecule has 0 spiro atoms. The summed E-state index contributed by atoms with van der Waals surface area (Å²) in [6, 6.07) is 18.4. The van der Waals surface area contributed by atoms with E-state index in [9.17, 15) is 0 Å². The van der Waals surface area contributed by atoms with Gasteiger partial charge < -0.3 is 0 Å². The molecular formula is C20H14S2. The van der Waals surface area contributed by atoms with Crippen molar-refractivity contribution in [2.75, 3.05) is 0 Å². The van der Waals surface area contributed by atoms with E-state index >= 15 is 0 Å². The summed E-state index contributed by atoms with van der Waals surface area (Å²) < 4.78 is 2.83. The lowest BCUT2D eigenvalue weighted by Crippen LogP contribution is -1.77. The quantitative estimate of drug-likeness (QED) is 0.269. The monoisotopic (exact) mass is 318 g/mol. The molecule has 0 aliphatic carbocycles. The minimum Gasteiger partial charge on any atom is -0.140 e. The van der Waals surface area contributed by atoms with Crippen molar-refractivity contribution in [1.29, 1.82) is 0 Å². The fraction of sp³-hybridized carbons (Fsp3) is 0.100. The average Bonchev–Trinajstić information content (AvgIpc) is 3.06. The molecular weight excluding hydrogens is 304 g/mol. The maximum absolute atomic E-state index is 2.37. The van der Waals surface area contributed by atoms with Crippen molar-refractivity contribution in [3.8, 4) is 0 Å². The normalized spacial score (nSPS) is 12.1. The van der Waals surface area contributed by atoms with Crippen molar-refractivity contribution in [3.05, 3.63) is 58.3 Å². The Balaban J connectivity index is 2.00. The van der Waals surface area contributed by atoms with Gasteiger partial charge in [0, 0.05) is 29.9 Å². The Morgan fingerprint density at radius 2 is 0.955 bits per heavy atom. The number of thiophene rings is 2. The molecule has 22 heavy (non-hydrogen) atoms. The molecule has 0 radical (unpaired) electrons. The number of aryl methyl sites for hydroxylation is 2. The molecule has 0 saturated heterocycles. The third-order valence-electron chi connectivity index (χ3n) is 4.36. The lowest BCUT2D eigenvalue weighted by molar-refractivity contribution is 1.66. The van der Waals surface area contributed by atoms with E-state index in [1.54, 1.807) is 0 Å². The summed E-state index contributed by atoms with van der Waals surface area (Å²) in [5.41, 5.74) is 0. The number of benzene rings is 3. The minimum atomic E-state index is 1.35. The topological polar surface area (TPSA) is 0 Å². The van der Waals surface area contributed by atoms with Gasteiger partial charge in [0.05, 0.1) is 0 Å². The molecule has 2 heteroatoms. The van der Waals surface area contributed by atoms with E-state index in [4.69, 9.17) is 0 Å². The molecule has 0 N–H and O–H groups in total. The van der Waals surface area contributed by atoms with Crippen molar-refractivity contribution in [2.24, 2.45) is 0 Å². The molecule has 0 aliphatic heterocycles. The predicted molar refractivity (Wildman–Crippen MR) is 102 cm³/mol.